The van der Waals surface area contributed by atoms with Crippen molar-refractivity contribution in [3.8, 4) is 10.7 Å². The zero-order valence-electron chi connectivity index (χ0n) is 12.4. The molecule has 1 amide bonds. The number of amides is 1. The van der Waals surface area contributed by atoms with Gasteiger partial charge >= 0.3 is 0 Å². The maximum absolute atomic E-state index is 12.0. The van der Waals surface area contributed by atoms with Crippen molar-refractivity contribution in [2.45, 2.75) is 12.8 Å². The van der Waals surface area contributed by atoms with Crippen LogP contribution in [-0.4, -0.2) is 30.5 Å². The molecule has 0 aromatic carbocycles. The molecule has 0 aliphatic carbocycles. The van der Waals surface area contributed by atoms with Gasteiger partial charge in [-0.3, -0.25) is 14.8 Å². The molecule has 114 valence electrons. The lowest BCUT2D eigenvalue weighted by Gasteiger charge is -2.02. The first-order valence-corrected chi connectivity index (χ1v) is 7.72. The number of hydrogen-bond acceptors (Lipinski definition) is 5. The number of carbonyl (C=O) groups excluding carboxylic acids is 1. The van der Waals surface area contributed by atoms with Gasteiger partial charge < -0.3 is 0 Å². The topological polar surface area (TPSA) is 77.6 Å². The average Bonchev–Trinajstić information content (AvgIpc) is 3.19. The molecule has 22 heavy (non-hydrogen) atoms. The van der Waals surface area contributed by atoms with Gasteiger partial charge in [0.25, 0.3) is 0 Å². The van der Waals surface area contributed by atoms with E-state index in [0.29, 0.717) is 24.6 Å². The number of aryl methyl sites for hydroxylation is 3. The van der Waals surface area contributed by atoms with Gasteiger partial charge in [-0.05, 0) is 23.4 Å². The summed E-state index contributed by atoms with van der Waals surface area (Å²) < 4.78 is 3.31. The fourth-order valence-corrected chi connectivity index (χ4v) is 2.70. The van der Waals surface area contributed by atoms with Crippen molar-refractivity contribution in [3.05, 3.63) is 35.5 Å². The predicted octanol–water partition coefficient (Wildman–Crippen LogP) is 1.85. The average molecular weight is 316 g/mol. The fraction of sp³-hybridized carbons (Fsp3) is 0.286. The SMILES string of the molecule is Cn1cc(CCC(=O)Nc2nc(-c3cccs3)nn2C)cn1. The molecule has 3 aromatic heterocycles. The number of hydrogen-bond donors (Lipinski definition) is 1. The van der Waals surface area contributed by atoms with Crippen LogP contribution in [0.15, 0.2) is 29.9 Å². The van der Waals surface area contributed by atoms with E-state index in [1.54, 1.807) is 33.9 Å². The first-order chi connectivity index (χ1) is 10.6. The van der Waals surface area contributed by atoms with Crippen LogP contribution in [0.1, 0.15) is 12.0 Å². The molecule has 3 aromatic rings. The Kier molecular flexibility index (Phi) is 4.01. The standard InChI is InChI=1S/C14H16N6OS/c1-19-9-10(8-15-19)5-6-12(21)16-14-17-13(18-20(14)2)11-4-3-7-22-11/h3-4,7-9H,5-6H2,1-2H3,(H,16,17,18,21). The van der Waals surface area contributed by atoms with Crippen LogP contribution in [0.3, 0.4) is 0 Å². The Labute approximate surface area is 131 Å². The number of carbonyl (C=O) groups is 1. The molecule has 7 nitrogen and oxygen atoms in total. The Morgan fingerprint density at radius 2 is 2.27 bits per heavy atom. The van der Waals surface area contributed by atoms with E-state index in [0.717, 1.165) is 10.4 Å². The molecule has 3 rings (SSSR count). The summed E-state index contributed by atoms with van der Waals surface area (Å²) in [5, 5.41) is 13.2. The summed E-state index contributed by atoms with van der Waals surface area (Å²) in [5.41, 5.74) is 1.04. The van der Waals surface area contributed by atoms with Crippen molar-refractivity contribution < 1.29 is 4.79 Å². The van der Waals surface area contributed by atoms with Crippen LogP contribution >= 0.6 is 11.3 Å². The Balaban J connectivity index is 1.61. The minimum absolute atomic E-state index is 0.0860. The maximum atomic E-state index is 12.0. The quantitative estimate of drug-likeness (QED) is 0.779. The van der Waals surface area contributed by atoms with Gasteiger partial charge in [0.15, 0.2) is 5.82 Å². The normalized spacial score (nSPS) is 10.8. The third-order valence-electron chi connectivity index (χ3n) is 3.15. The molecule has 0 spiro atoms. The maximum Gasteiger partial charge on any atom is 0.228 e. The number of nitrogens with one attached hydrogen (secondary N) is 1. The second-order valence-electron chi connectivity index (χ2n) is 4.93. The van der Waals surface area contributed by atoms with Crippen molar-refractivity contribution in [1.82, 2.24) is 24.5 Å². The summed E-state index contributed by atoms with van der Waals surface area (Å²) in [4.78, 5) is 17.4. The molecule has 8 heteroatoms. The van der Waals surface area contributed by atoms with Gasteiger partial charge in [-0.1, -0.05) is 6.07 Å². The first-order valence-electron chi connectivity index (χ1n) is 6.84. The second kappa shape index (κ2) is 6.10. The highest BCUT2D eigenvalue weighted by atomic mass is 32.1. The van der Waals surface area contributed by atoms with E-state index in [1.807, 2.05) is 30.8 Å². The smallest absolute Gasteiger partial charge is 0.228 e. The van der Waals surface area contributed by atoms with Gasteiger partial charge in [0, 0.05) is 26.7 Å². The van der Waals surface area contributed by atoms with Crippen molar-refractivity contribution >= 4 is 23.2 Å². The third-order valence-corrected chi connectivity index (χ3v) is 4.02. The van der Waals surface area contributed by atoms with Crippen LogP contribution in [0.5, 0.6) is 0 Å². The molecule has 0 saturated carbocycles. The lowest BCUT2D eigenvalue weighted by Crippen LogP contribution is -2.15. The van der Waals surface area contributed by atoms with Gasteiger partial charge in [0.1, 0.15) is 0 Å². The van der Waals surface area contributed by atoms with Gasteiger partial charge in [0.2, 0.25) is 11.9 Å². The second-order valence-corrected chi connectivity index (χ2v) is 5.88. The zero-order valence-corrected chi connectivity index (χ0v) is 13.2. The zero-order chi connectivity index (χ0) is 15.5. The Morgan fingerprint density at radius 1 is 1.41 bits per heavy atom. The van der Waals surface area contributed by atoms with Crippen LogP contribution in [0.2, 0.25) is 0 Å². The molecule has 3 heterocycles. The van der Waals surface area contributed by atoms with Crippen molar-refractivity contribution in [3.63, 3.8) is 0 Å². The monoisotopic (exact) mass is 316 g/mol. The fourth-order valence-electron chi connectivity index (χ4n) is 2.05. The molecular weight excluding hydrogens is 300 g/mol. The molecular formula is C14H16N6OS. The molecule has 0 radical (unpaired) electrons. The van der Waals surface area contributed by atoms with E-state index in [-0.39, 0.29) is 5.91 Å². The van der Waals surface area contributed by atoms with E-state index in [1.165, 1.54) is 0 Å². The highest BCUT2D eigenvalue weighted by molar-refractivity contribution is 7.13. The molecule has 0 bridgehead atoms. The minimum Gasteiger partial charge on any atom is -0.295 e. The molecule has 0 fully saturated rings. The molecule has 0 aliphatic heterocycles. The van der Waals surface area contributed by atoms with Gasteiger partial charge in [-0.2, -0.15) is 10.1 Å². The summed E-state index contributed by atoms with van der Waals surface area (Å²) in [6, 6.07) is 3.90. The summed E-state index contributed by atoms with van der Waals surface area (Å²) in [6.45, 7) is 0. The molecule has 0 saturated heterocycles. The Bertz CT molecular complexity index is 773. The highest BCUT2D eigenvalue weighted by Gasteiger charge is 2.12. The number of nitrogens with zero attached hydrogens (tertiary/aromatic N) is 5. The van der Waals surface area contributed by atoms with Gasteiger partial charge in [0.05, 0.1) is 11.1 Å². The van der Waals surface area contributed by atoms with Crippen LogP contribution in [0.25, 0.3) is 10.7 Å². The number of anilines is 1. The summed E-state index contributed by atoms with van der Waals surface area (Å²) in [7, 11) is 3.62. The molecule has 0 unspecified atom stereocenters. The largest absolute Gasteiger partial charge is 0.295 e. The van der Waals surface area contributed by atoms with E-state index < -0.39 is 0 Å². The first kappa shape index (κ1) is 14.5. The summed E-state index contributed by atoms with van der Waals surface area (Å²) in [5.74, 6) is 0.997. The van der Waals surface area contributed by atoms with Crippen LogP contribution in [0, 0.1) is 0 Å². The van der Waals surface area contributed by atoms with Gasteiger partial charge in [-0.15, -0.1) is 16.4 Å². The van der Waals surface area contributed by atoms with Crippen LogP contribution in [-0.2, 0) is 25.3 Å². The summed E-state index contributed by atoms with van der Waals surface area (Å²) in [6.07, 6.45) is 4.71. The molecule has 1 N–H and O–H groups in total. The van der Waals surface area contributed by atoms with Crippen LogP contribution < -0.4 is 5.32 Å². The predicted molar refractivity (Wildman–Crippen MR) is 84.5 cm³/mol. The lowest BCUT2D eigenvalue weighted by molar-refractivity contribution is -0.116. The molecule has 0 atom stereocenters. The van der Waals surface area contributed by atoms with E-state index in [4.69, 9.17) is 0 Å². The Hall–Kier alpha value is -2.48. The number of aromatic nitrogens is 5. The highest BCUT2D eigenvalue weighted by Crippen LogP contribution is 2.22. The van der Waals surface area contributed by atoms with Crippen molar-refractivity contribution in [2.24, 2.45) is 14.1 Å². The van der Waals surface area contributed by atoms with E-state index in [9.17, 15) is 4.79 Å². The van der Waals surface area contributed by atoms with Gasteiger partial charge in [-0.25, -0.2) is 4.68 Å². The van der Waals surface area contributed by atoms with Crippen LogP contribution in [0.4, 0.5) is 5.95 Å². The number of rotatable bonds is 5. The van der Waals surface area contributed by atoms with Crippen molar-refractivity contribution in [2.75, 3.05) is 5.32 Å². The van der Waals surface area contributed by atoms with E-state index >= 15 is 0 Å². The molecule has 0 aliphatic rings. The summed E-state index contributed by atoms with van der Waals surface area (Å²) >= 11 is 1.57. The van der Waals surface area contributed by atoms with E-state index in [2.05, 4.69) is 20.5 Å². The lowest BCUT2D eigenvalue weighted by atomic mass is 10.2. The minimum atomic E-state index is -0.0860. The number of thiophene rings is 1. The third kappa shape index (κ3) is 3.22. The Morgan fingerprint density at radius 3 is 2.95 bits per heavy atom. The van der Waals surface area contributed by atoms with Crippen molar-refractivity contribution in [1.29, 1.82) is 0 Å².